The number of hydrogen-bond acceptors (Lipinski definition) is 6. The van der Waals surface area contributed by atoms with Crippen molar-refractivity contribution < 1.29 is 4.74 Å². The Labute approximate surface area is 98.6 Å². The smallest absolute Gasteiger partial charge is 0.208 e. The van der Waals surface area contributed by atoms with Gasteiger partial charge in [0.1, 0.15) is 0 Å². The summed E-state index contributed by atoms with van der Waals surface area (Å²) in [5, 5.41) is 14.9. The molecule has 0 saturated carbocycles. The number of nitrogens with zero attached hydrogens (tertiary/aromatic N) is 4. The molecule has 0 aliphatic heterocycles. The SMILES string of the molecule is CNc1cc(N)c(OC)c(-c2nnn(C)n2)c1. The van der Waals surface area contributed by atoms with Gasteiger partial charge >= 0.3 is 0 Å². The van der Waals surface area contributed by atoms with Gasteiger partial charge in [0.05, 0.1) is 25.4 Å². The molecule has 0 spiro atoms. The van der Waals surface area contributed by atoms with E-state index in [-0.39, 0.29) is 0 Å². The number of methoxy groups -OCH3 is 1. The Bertz CT molecular complexity index is 536. The first-order chi connectivity index (χ1) is 8.15. The van der Waals surface area contributed by atoms with E-state index in [1.54, 1.807) is 20.2 Å². The maximum Gasteiger partial charge on any atom is 0.208 e. The standard InChI is InChI=1S/C10H14N6O/c1-12-6-4-7(9(17-3)8(11)5-6)10-13-15-16(2)14-10/h4-5,12H,11H2,1-3H3. The van der Waals surface area contributed by atoms with E-state index in [2.05, 4.69) is 20.7 Å². The Balaban J connectivity index is 2.61. The Kier molecular flexibility index (Phi) is 2.82. The molecule has 0 aliphatic carbocycles. The quantitative estimate of drug-likeness (QED) is 0.752. The Morgan fingerprint density at radius 1 is 1.41 bits per heavy atom. The molecule has 17 heavy (non-hydrogen) atoms. The second-order valence-corrected chi connectivity index (χ2v) is 3.50. The predicted molar refractivity (Wildman–Crippen MR) is 64.7 cm³/mol. The fraction of sp³-hybridized carbons (Fsp3) is 0.300. The third-order valence-electron chi connectivity index (χ3n) is 2.36. The molecular formula is C10H14N6O. The molecule has 2 aromatic rings. The van der Waals surface area contributed by atoms with Crippen LogP contribution in [-0.4, -0.2) is 34.4 Å². The van der Waals surface area contributed by atoms with Crippen LogP contribution in [0.3, 0.4) is 0 Å². The van der Waals surface area contributed by atoms with E-state index >= 15 is 0 Å². The average molecular weight is 234 g/mol. The number of aryl methyl sites for hydroxylation is 1. The molecule has 0 atom stereocenters. The van der Waals surface area contributed by atoms with Crippen LogP contribution in [-0.2, 0) is 7.05 Å². The Morgan fingerprint density at radius 2 is 2.18 bits per heavy atom. The predicted octanol–water partition coefficient (Wildman–Crippen LogP) is 0.510. The summed E-state index contributed by atoms with van der Waals surface area (Å²) in [7, 11) is 5.08. The van der Waals surface area contributed by atoms with Crippen molar-refractivity contribution in [3.63, 3.8) is 0 Å². The maximum absolute atomic E-state index is 5.90. The highest BCUT2D eigenvalue weighted by Gasteiger charge is 2.15. The summed E-state index contributed by atoms with van der Waals surface area (Å²) >= 11 is 0. The molecule has 7 nitrogen and oxygen atoms in total. The summed E-state index contributed by atoms with van der Waals surface area (Å²) in [5.41, 5.74) is 8.01. The fourth-order valence-electron chi connectivity index (χ4n) is 1.58. The lowest BCUT2D eigenvalue weighted by molar-refractivity contribution is 0.418. The molecule has 1 aromatic carbocycles. The molecule has 0 radical (unpaired) electrons. The zero-order valence-corrected chi connectivity index (χ0v) is 9.93. The summed E-state index contributed by atoms with van der Waals surface area (Å²) < 4.78 is 5.27. The van der Waals surface area contributed by atoms with Crippen molar-refractivity contribution in [2.45, 2.75) is 0 Å². The maximum atomic E-state index is 5.90. The molecule has 2 rings (SSSR count). The lowest BCUT2D eigenvalue weighted by Gasteiger charge is -2.11. The van der Waals surface area contributed by atoms with Crippen molar-refractivity contribution in [3.05, 3.63) is 12.1 Å². The highest BCUT2D eigenvalue weighted by molar-refractivity contribution is 5.78. The van der Waals surface area contributed by atoms with Crippen LogP contribution >= 0.6 is 0 Å². The van der Waals surface area contributed by atoms with Gasteiger partial charge < -0.3 is 15.8 Å². The second-order valence-electron chi connectivity index (χ2n) is 3.50. The molecular weight excluding hydrogens is 220 g/mol. The van der Waals surface area contributed by atoms with E-state index in [1.807, 2.05) is 13.1 Å². The fourth-order valence-corrected chi connectivity index (χ4v) is 1.58. The van der Waals surface area contributed by atoms with Gasteiger partial charge in [0.2, 0.25) is 5.82 Å². The number of rotatable bonds is 3. The van der Waals surface area contributed by atoms with E-state index in [0.717, 1.165) is 5.69 Å². The monoisotopic (exact) mass is 234 g/mol. The van der Waals surface area contributed by atoms with Crippen molar-refractivity contribution in [2.75, 3.05) is 25.2 Å². The molecule has 0 aliphatic rings. The first-order valence-corrected chi connectivity index (χ1v) is 5.05. The van der Waals surface area contributed by atoms with Crippen LogP contribution in [0.5, 0.6) is 5.75 Å². The van der Waals surface area contributed by atoms with Gasteiger partial charge in [-0.25, -0.2) is 0 Å². The van der Waals surface area contributed by atoms with Crippen LogP contribution < -0.4 is 15.8 Å². The molecule has 1 heterocycles. The van der Waals surface area contributed by atoms with Gasteiger partial charge in [-0.2, -0.15) is 4.80 Å². The number of nitrogens with one attached hydrogen (secondary N) is 1. The van der Waals surface area contributed by atoms with Crippen molar-refractivity contribution in [1.82, 2.24) is 20.2 Å². The van der Waals surface area contributed by atoms with Gasteiger partial charge in [0.15, 0.2) is 5.75 Å². The number of ether oxygens (including phenoxy) is 1. The number of nitrogen functional groups attached to an aromatic ring is 1. The number of nitrogens with two attached hydrogens (primary N) is 1. The molecule has 3 N–H and O–H groups in total. The highest BCUT2D eigenvalue weighted by atomic mass is 16.5. The average Bonchev–Trinajstić information content (AvgIpc) is 2.74. The zero-order valence-electron chi connectivity index (χ0n) is 9.93. The van der Waals surface area contributed by atoms with E-state index < -0.39 is 0 Å². The minimum absolute atomic E-state index is 0.480. The van der Waals surface area contributed by atoms with E-state index in [9.17, 15) is 0 Å². The second kappa shape index (κ2) is 4.28. The van der Waals surface area contributed by atoms with Crippen LogP contribution in [0.25, 0.3) is 11.4 Å². The first-order valence-electron chi connectivity index (χ1n) is 5.05. The highest BCUT2D eigenvalue weighted by Crippen LogP contribution is 2.35. The molecule has 1 aromatic heterocycles. The van der Waals surface area contributed by atoms with Gasteiger partial charge in [0.25, 0.3) is 0 Å². The zero-order chi connectivity index (χ0) is 12.4. The molecule has 0 bridgehead atoms. The molecule has 0 fully saturated rings. The molecule has 0 unspecified atom stereocenters. The van der Waals surface area contributed by atoms with Crippen LogP contribution in [0, 0.1) is 0 Å². The Hall–Kier alpha value is -2.31. The summed E-state index contributed by atoms with van der Waals surface area (Å²) in [6.45, 7) is 0. The topological polar surface area (TPSA) is 90.9 Å². The Morgan fingerprint density at radius 3 is 2.71 bits per heavy atom. The summed E-state index contributed by atoms with van der Waals surface area (Å²) in [6.07, 6.45) is 0. The van der Waals surface area contributed by atoms with Crippen molar-refractivity contribution >= 4 is 11.4 Å². The van der Waals surface area contributed by atoms with Crippen molar-refractivity contribution in [3.8, 4) is 17.1 Å². The molecule has 90 valence electrons. The van der Waals surface area contributed by atoms with Crippen LogP contribution in [0.4, 0.5) is 11.4 Å². The van der Waals surface area contributed by atoms with Gasteiger partial charge in [-0.05, 0) is 17.3 Å². The van der Waals surface area contributed by atoms with Crippen molar-refractivity contribution in [2.24, 2.45) is 7.05 Å². The summed E-state index contributed by atoms with van der Waals surface area (Å²) in [6, 6.07) is 3.66. The lowest BCUT2D eigenvalue weighted by atomic mass is 10.1. The first kappa shape index (κ1) is 11.2. The number of tetrazole rings is 1. The van der Waals surface area contributed by atoms with Crippen LogP contribution in [0.1, 0.15) is 0 Å². The summed E-state index contributed by atoms with van der Waals surface area (Å²) in [5.74, 6) is 1.03. The minimum Gasteiger partial charge on any atom is -0.494 e. The van der Waals surface area contributed by atoms with Gasteiger partial charge in [-0.15, -0.1) is 10.2 Å². The largest absolute Gasteiger partial charge is 0.494 e. The third-order valence-corrected chi connectivity index (χ3v) is 2.36. The van der Waals surface area contributed by atoms with Crippen LogP contribution in [0.15, 0.2) is 12.1 Å². The number of anilines is 2. The van der Waals surface area contributed by atoms with E-state index in [4.69, 9.17) is 10.5 Å². The lowest BCUT2D eigenvalue weighted by Crippen LogP contribution is -1.99. The van der Waals surface area contributed by atoms with E-state index in [1.165, 1.54) is 4.80 Å². The molecule has 7 heteroatoms. The van der Waals surface area contributed by atoms with Gasteiger partial charge in [0, 0.05) is 12.7 Å². The van der Waals surface area contributed by atoms with Gasteiger partial charge in [-0.1, -0.05) is 0 Å². The van der Waals surface area contributed by atoms with Crippen LogP contribution in [0.2, 0.25) is 0 Å². The molecule has 0 amide bonds. The number of benzene rings is 1. The summed E-state index contributed by atoms with van der Waals surface area (Å²) in [4.78, 5) is 1.39. The van der Waals surface area contributed by atoms with Crippen molar-refractivity contribution in [1.29, 1.82) is 0 Å². The third kappa shape index (κ3) is 1.99. The van der Waals surface area contributed by atoms with E-state index in [0.29, 0.717) is 22.8 Å². The number of aromatic nitrogens is 4. The van der Waals surface area contributed by atoms with Gasteiger partial charge in [-0.3, -0.25) is 0 Å². The normalized spacial score (nSPS) is 10.3. The molecule has 0 saturated heterocycles. The minimum atomic E-state index is 0.480. The number of hydrogen-bond donors (Lipinski definition) is 2.